The maximum atomic E-state index is 12.4. The van der Waals surface area contributed by atoms with Crippen molar-refractivity contribution in [1.82, 2.24) is 10.2 Å². The minimum Gasteiger partial charge on any atom is -0.481 e. The van der Waals surface area contributed by atoms with Crippen LogP contribution in [0.4, 0.5) is 4.79 Å². The van der Waals surface area contributed by atoms with Crippen molar-refractivity contribution in [3.05, 3.63) is 29.8 Å². The summed E-state index contributed by atoms with van der Waals surface area (Å²) in [6.45, 7) is 2.60. The van der Waals surface area contributed by atoms with Gasteiger partial charge >= 0.3 is 12.0 Å². The Morgan fingerprint density at radius 3 is 2.58 bits per heavy atom. The van der Waals surface area contributed by atoms with Crippen molar-refractivity contribution in [1.29, 1.82) is 0 Å². The summed E-state index contributed by atoms with van der Waals surface area (Å²) in [4.78, 5) is 26.0. The molecule has 0 aromatic heterocycles. The highest BCUT2D eigenvalue weighted by molar-refractivity contribution is 7.91. The van der Waals surface area contributed by atoms with Crippen LogP contribution in [0.15, 0.2) is 29.2 Å². The van der Waals surface area contributed by atoms with Gasteiger partial charge in [-0.05, 0) is 36.5 Å². The van der Waals surface area contributed by atoms with Crippen LogP contribution >= 0.6 is 0 Å². The van der Waals surface area contributed by atoms with E-state index < -0.39 is 21.2 Å². The van der Waals surface area contributed by atoms with Gasteiger partial charge in [-0.15, -0.1) is 0 Å². The average molecular weight is 380 g/mol. The monoisotopic (exact) mass is 380 g/mol. The number of sulfone groups is 1. The lowest BCUT2D eigenvalue weighted by Gasteiger charge is -2.23. The van der Waals surface area contributed by atoms with Crippen LogP contribution in [0.3, 0.4) is 0 Å². The molecule has 2 N–H and O–H groups in total. The minimum absolute atomic E-state index is 0.0317. The molecule has 0 bridgehead atoms. The van der Waals surface area contributed by atoms with Gasteiger partial charge in [-0.25, -0.2) is 13.2 Å². The van der Waals surface area contributed by atoms with Crippen molar-refractivity contribution in [3.8, 4) is 0 Å². The molecule has 1 aliphatic carbocycles. The number of benzene rings is 1. The summed E-state index contributed by atoms with van der Waals surface area (Å²) in [5, 5.41) is 12.4. The zero-order chi connectivity index (χ0) is 18.9. The summed E-state index contributed by atoms with van der Waals surface area (Å²) in [6.07, 6.45) is 2.38. The Labute approximate surface area is 153 Å². The van der Waals surface area contributed by atoms with Gasteiger partial charge in [0.25, 0.3) is 0 Å². The third-order valence-electron chi connectivity index (χ3n) is 5.69. The molecule has 1 aromatic carbocycles. The van der Waals surface area contributed by atoms with Gasteiger partial charge in [0.2, 0.25) is 0 Å². The third-order valence-corrected chi connectivity index (χ3v) is 7.44. The van der Waals surface area contributed by atoms with Crippen molar-refractivity contribution in [2.24, 2.45) is 11.3 Å². The third kappa shape index (κ3) is 3.30. The number of amides is 2. The second kappa shape index (κ2) is 6.90. The van der Waals surface area contributed by atoms with Crippen molar-refractivity contribution < 1.29 is 23.1 Å². The molecule has 1 saturated heterocycles. The lowest BCUT2D eigenvalue weighted by molar-refractivity contribution is -0.149. The number of carbonyl (C=O) groups excluding carboxylic acids is 1. The largest absolute Gasteiger partial charge is 0.481 e. The number of nitrogens with zero attached hydrogens (tertiary/aromatic N) is 1. The summed E-state index contributed by atoms with van der Waals surface area (Å²) in [6, 6.07) is 6.17. The number of likely N-dealkylation sites (tertiary alicyclic amines) is 1. The Balaban J connectivity index is 1.59. The molecule has 26 heavy (non-hydrogen) atoms. The quantitative estimate of drug-likeness (QED) is 0.812. The van der Waals surface area contributed by atoms with E-state index >= 15 is 0 Å². The molecular formula is C18H24N2O5S. The van der Waals surface area contributed by atoms with E-state index in [0.29, 0.717) is 13.0 Å². The van der Waals surface area contributed by atoms with E-state index in [2.05, 4.69) is 5.32 Å². The second-order valence-corrected chi connectivity index (χ2v) is 9.42. The molecule has 8 heteroatoms. The van der Waals surface area contributed by atoms with Crippen molar-refractivity contribution in [2.75, 3.05) is 18.8 Å². The van der Waals surface area contributed by atoms with Crippen LogP contribution in [-0.4, -0.2) is 49.3 Å². The number of urea groups is 1. The Bertz CT molecular complexity index is 805. The lowest BCUT2D eigenvalue weighted by Crippen LogP contribution is -2.41. The van der Waals surface area contributed by atoms with Crippen molar-refractivity contribution >= 4 is 21.8 Å². The molecule has 1 aliphatic heterocycles. The zero-order valence-corrected chi connectivity index (χ0v) is 15.6. The summed E-state index contributed by atoms with van der Waals surface area (Å²) in [5.41, 5.74) is 0.00813. The number of aliphatic carboxylic acids is 1. The normalized spacial score (nSPS) is 25.1. The Hall–Kier alpha value is -2.09. The molecule has 2 aliphatic rings. The Morgan fingerprint density at radius 2 is 2.00 bits per heavy atom. The fourth-order valence-corrected chi connectivity index (χ4v) is 4.95. The molecule has 2 fully saturated rings. The van der Waals surface area contributed by atoms with Crippen LogP contribution in [0, 0.1) is 11.3 Å². The van der Waals surface area contributed by atoms with Gasteiger partial charge in [0.1, 0.15) is 0 Å². The Kier molecular flexibility index (Phi) is 4.96. The first-order valence-corrected chi connectivity index (χ1v) is 10.5. The maximum absolute atomic E-state index is 12.4. The van der Waals surface area contributed by atoms with Crippen LogP contribution in [0.5, 0.6) is 0 Å². The van der Waals surface area contributed by atoms with Gasteiger partial charge in [-0.1, -0.05) is 25.5 Å². The lowest BCUT2D eigenvalue weighted by atomic mass is 9.81. The molecule has 2 atom stereocenters. The van der Waals surface area contributed by atoms with Crippen LogP contribution in [0.1, 0.15) is 31.7 Å². The molecule has 1 saturated carbocycles. The van der Waals surface area contributed by atoms with Gasteiger partial charge in [0.05, 0.1) is 16.1 Å². The van der Waals surface area contributed by atoms with Gasteiger partial charge in [-0.2, -0.15) is 0 Å². The maximum Gasteiger partial charge on any atom is 0.317 e. The summed E-state index contributed by atoms with van der Waals surface area (Å²) < 4.78 is 23.6. The molecule has 1 aromatic rings. The van der Waals surface area contributed by atoms with Gasteiger partial charge < -0.3 is 15.3 Å². The standard InChI is InChI=1S/C18H24N2O5S/c1-2-26(24,25)15-7-5-13(6-8-15)10-19-17(23)20-11-14-4-3-9-18(14,12-20)16(21)22/h5-8,14H,2-4,9-12H2,1H3,(H,19,23)(H,21,22)/t14-,18+/m0/s1. The van der Waals surface area contributed by atoms with Crippen LogP contribution < -0.4 is 5.32 Å². The molecule has 0 radical (unpaired) electrons. The SMILES string of the molecule is CCS(=O)(=O)c1ccc(CNC(=O)N2C[C@@H]3CCC[C@@]3(C(=O)O)C2)cc1. The molecule has 3 rings (SSSR count). The predicted octanol–water partition coefficient (Wildman–Crippen LogP) is 1.88. The van der Waals surface area contributed by atoms with Crippen LogP contribution in [-0.2, 0) is 21.2 Å². The summed E-state index contributed by atoms with van der Waals surface area (Å²) in [7, 11) is -3.23. The Morgan fingerprint density at radius 1 is 1.31 bits per heavy atom. The van der Waals surface area contributed by atoms with E-state index in [1.54, 1.807) is 36.1 Å². The van der Waals surface area contributed by atoms with Crippen molar-refractivity contribution in [2.45, 2.75) is 37.6 Å². The molecule has 0 spiro atoms. The second-order valence-electron chi connectivity index (χ2n) is 7.14. The minimum atomic E-state index is -3.23. The van der Waals surface area contributed by atoms with Gasteiger partial charge in [0.15, 0.2) is 9.84 Å². The van der Waals surface area contributed by atoms with E-state index in [1.165, 1.54) is 0 Å². The number of carboxylic acid groups (broad SMARTS) is 1. The number of rotatable bonds is 5. The van der Waals surface area contributed by atoms with Crippen LogP contribution in [0.2, 0.25) is 0 Å². The average Bonchev–Trinajstić information content (AvgIpc) is 3.18. The number of nitrogens with one attached hydrogen (secondary N) is 1. The fraction of sp³-hybridized carbons (Fsp3) is 0.556. The first-order valence-electron chi connectivity index (χ1n) is 8.86. The predicted molar refractivity (Wildman–Crippen MR) is 95.4 cm³/mol. The van der Waals surface area contributed by atoms with E-state index in [1.807, 2.05) is 0 Å². The number of hydrogen-bond donors (Lipinski definition) is 2. The fourth-order valence-electron chi connectivity index (χ4n) is 4.06. The number of fused-ring (bicyclic) bond motifs is 1. The molecular weight excluding hydrogens is 356 g/mol. The molecule has 2 amide bonds. The first kappa shape index (κ1) is 18.7. The zero-order valence-electron chi connectivity index (χ0n) is 14.8. The highest BCUT2D eigenvalue weighted by Gasteiger charge is 2.55. The summed E-state index contributed by atoms with van der Waals surface area (Å²) in [5.74, 6) is -0.725. The molecule has 7 nitrogen and oxygen atoms in total. The van der Waals surface area contributed by atoms with Gasteiger partial charge in [-0.3, -0.25) is 4.79 Å². The summed E-state index contributed by atoms with van der Waals surface area (Å²) >= 11 is 0. The highest BCUT2D eigenvalue weighted by Crippen LogP contribution is 2.48. The number of hydrogen-bond acceptors (Lipinski definition) is 4. The first-order chi connectivity index (χ1) is 12.3. The van der Waals surface area contributed by atoms with E-state index in [9.17, 15) is 23.1 Å². The number of carboxylic acids is 1. The highest BCUT2D eigenvalue weighted by atomic mass is 32.2. The topological polar surface area (TPSA) is 104 Å². The van der Waals surface area contributed by atoms with Gasteiger partial charge in [0, 0.05) is 19.6 Å². The number of carbonyl (C=O) groups is 2. The van der Waals surface area contributed by atoms with Crippen LogP contribution in [0.25, 0.3) is 0 Å². The molecule has 1 heterocycles. The molecule has 0 unspecified atom stereocenters. The molecule has 142 valence electrons. The smallest absolute Gasteiger partial charge is 0.317 e. The van der Waals surface area contributed by atoms with Crippen molar-refractivity contribution in [3.63, 3.8) is 0 Å². The van der Waals surface area contributed by atoms with E-state index in [0.717, 1.165) is 18.4 Å². The van der Waals surface area contributed by atoms with E-state index in [4.69, 9.17) is 0 Å². The van der Waals surface area contributed by atoms with E-state index in [-0.39, 0.29) is 35.7 Å².